The Morgan fingerprint density at radius 1 is 1.42 bits per heavy atom. The third-order valence-corrected chi connectivity index (χ3v) is 4.61. The van der Waals surface area contributed by atoms with Gasteiger partial charge in [0.15, 0.2) is 0 Å². The predicted molar refractivity (Wildman–Crippen MR) is 78.9 cm³/mol. The van der Waals surface area contributed by atoms with Crippen LogP contribution in [0.5, 0.6) is 0 Å². The SMILES string of the molecule is CCCNC(c1cc(F)ccc1Cl)C1CCCC1C. The lowest BCUT2D eigenvalue weighted by Gasteiger charge is -2.29. The van der Waals surface area contributed by atoms with E-state index in [4.69, 9.17) is 11.6 Å². The lowest BCUT2D eigenvalue weighted by Crippen LogP contribution is -2.30. The molecule has 0 saturated heterocycles. The van der Waals surface area contributed by atoms with Gasteiger partial charge in [0, 0.05) is 11.1 Å². The molecule has 1 aliphatic carbocycles. The Morgan fingerprint density at radius 3 is 2.84 bits per heavy atom. The molecule has 3 atom stereocenters. The van der Waals surface area contributed by atoms with Crippen molar-refractivity contribution in [2.75, 3.05) is 6.54 Å². The van der Waals surface area contributed by atoms with E-state index in [1.165, 1.54) is 25.3 Å². The summed E-state index contributed by atoms with van der Waals surface area (Å²) in [6.07, 6.45) is 4.81. The molecule has 0 aromatic heterocycles. The largest absolute Gasteiger partial charge is 0.310 e. The van der Waals surface area contributed by atoms with Crippen LogP contribution in [0.4, 0.5) is 4.39 Å². The average molecular weight is 284 g/mol. The molecule has 1 N–H and O–H groups in total. The highest BCUT2D eigenvalue weighted by atomic mass is 35.5. The molecule has 1 aromatic rings. The van der Waals surface area contributed by atoms with E-state index < -0.39 is 0 Å². The third-order valence-electron chi connectivity index (χ3n) is 4.26. The molecule has 2 rings (SSSR count). The number of nitrogens with one attached hydrogen (secondary N) is 1. The Balaban J connectivity index is 2.28. The summed E-state index contributed by atoms with van der Waals surface area (Å²) in [5.41, 5.74) is 0.925. The highest BCUT2D eigenvalue weighted by Crippen LogP contribution is 2.41. The van der Waals surface area contributed by atoms with Gasteiger partial charge < -0.3 is 5.32 Å². The summed E-state index contributed by atoms with van der Waals surface area (Å²) in [6, 6.07) is 4.88. The number of hydrogen-bond acceptors (Lipinski definition) is 1. The van der Waals surface area contributed by atoms with Crippen LogP contribution in [0.3, 0.4) is 0 Å². The molecule has 1 saturated carbocycles. The fourth-order valence-corrected chi connectivity index (χ4v) is 3.45. The normalized spacial score (nSPS) is 24.6. The van der Waals surface area contributed by atoms with Crippen molar-refractivity contribution in [3.05, 3.63) is 34.6 Å². The van der Waals surface area contributed by atoms with Gasteiger partial charge in [0.2, 0.25) is 0 Å². The molecule has 19 heavy (non-hydrogen) atoms. The van der Waals surface area contributed by atoms with Gasteiger partial charge in [-0.3, -0.25) is 0 Å². The van der Waals surface area contributed by atoms with E-state index in [1.54, 1.807) is 12.1 Å². The molecule has 0 heterocycles. The fourth-order valence-electron chi connectivity index (χ4n) is 3.21. The van der Waals surface area contributed by atoms with Crippen LogP contribution in [0.2, 0.25) is 5.02 Å². The Labute approximate surface area is 120 Å². The van der Waals surface area contributed by atoms with Gasteiger partial charge >= 0.3 is 0 Å². The van der Waals surface area contributed by atoms with E-state index in [2.05, 4.69) is 19.2 Å². The summed E-state index contributed by atoms with van der Waals surface area (Å²) in [5.74, 6) is 1.04. The summed E-state index contributed by atoms with van der Waals surface area (Å²) in [7, 11) is 0. The van der Waals surface area contributed by atoms with Crippen molar-refractivity contribution in [2.24, 2.45) is 11.8 Å². The second-order valence-electron chi connectivity index (χ2n) is 5.67. The van der Waals surface area contributed by atoms with E-state index in [1.807, 2.05) is 0 Å². The first kappa shape index (κ1) is 14.8. The molecule has 0 bridgehead atoms. The van der Waals surface area contributed by atoms with Crippen molar-refractivity contribution in [3.63, 3.8) is 0 Å². The molecule has 3 unspecified atom stereocenters. The van der Waals surface area contributed by atoms with Gasteiger partial charge in [0.05, 0.1) is 0 Å². The molecule has 106 valence electrons. The molecule has 0 radical (unpaired) electrons. The molecular weight excluding hydrogens is 261 g/mol. The van der Waals surface area contributed by atoms with E-state index in [9.17, 15) is 4.39 Å². The Bertz CT molecular complexity index is 421. The summed E-state index contributed by atoms with van der Waals surface area (Å²) >= 11 is 6.29. The zero-order valence-electron chi connectivity index (χ0n) is 11.8. The first-order valence-corrected chi connectivity index (χ1v) is 7.69. The maximum atomic E-state index is 13.5. The molecule has 0 amide bonds. The Kier molecular flexibility index (Phi) is 5.23. The van der Waals surface area contributed by atoms with Gasteiger partial charge in [-0.05, 0) is 55.0 Å². The Hall–Kier alpha value is -0.600. The maximum absolute atomic E-state index is 13.5. The second kappa shape index (κ2) is 6.71. The second-order valence-corrected chi connectivity index (χ2v) is 6.08. The van der Waals surface area contributed by atoms with Crippen LogP contribution in [-0.4, -0.2) is 6.54 Å². The number of benzene rings is 1. The van der Waals surface area contributed by atoms with Crippen LogP contribution < -0.4 is 5.32 Å². The highest BCUT2D eigenvalue weighted by molar-refractivity contribution is 6.31. The van der Waals surface area contributed by atoms with Crippen molar-refractivity contribution in [2.45, 2.75) is 45.6 Å². The molecule has 1 fully saturated rings. The number of hydrogen-bond donors (Lipinski definition) is 1. The van der Waals surface area contributed by atoms with Crippen LogP contribution in [0, 0.1) is 17.7 Å². The standard InChI is InChI=1S/C16H23ClFN/c1-3-9-19-16(13-6-4-5-11(13)2)14-10-12(18)7-8-15(14)17/h7-8,10-11,13,16,19H,3-6,9H2,1-2H3. The summed E-state index contributed by atoms with van der Waals surface area (Å²) in [4.78, 5) is 0. The van der Waals surface area contributed by atoms with Gasteiger partial charge in [-0.15, -0.1) is 0 Å². The topological polar surface area (TPSA) is 12.0 Å². The van der Waals surface area contributed by atoms with E-state index >= 15 is 0 Å². The maximum Gasteiger partial charge on any atom is 0.123 e. The lowest BCUT2D eigenvalue weighted by molar-refractivity contribution is 0.301. The molecule has 0 spiro atoms. The third kappa shape index (κ3) is 3.49. The van der Waals surface area contributed by atoms with Crippen LogP contribution in [-0.2, 0) is 0 Å². The van der Waals surface area contributed by atoms with E-state index in [-0.39, 0.29) is 11.9 Å². The van der Waals surface area contributed by atoms with Crippen molar-refractivity contribution < 1.29 is 4.39 Å². The van der Waals surface area contributed by atoms with Gasteiger partial charge in [0.1, 0.15) is 5.82 Å². The zero-order valence-corrected chi connectivity index (χ0v) is 12.5. The highest BCUT2D eigenvalue weighted by Gasteiger charge is 2.32. The molecule has 3 heteroatoms. The molecular formula is C16H23ClFN. The predicted octanol–water partition coefficient (Wildman–Crippen LogP) is 4.96. The van der Waals surface area contributed by atoms with E-state index in [0.717, 1.165) is 18.5 Å². The first-order valence-electron chi connectivity index (χ1n) is 7.31. The minimum absolute atomic E-state index is 0.181. The smallest absolute Gasteiger partial charge is 0.123 e. The van der Waals surface area contributed by atoms with Gasteiger partial charge in [-0.1, -0.05) is 38.3 Å². The van der Waals surface area contributed by atoms with Gasteiger partial charge in [-0.2, -0.15) is 0 Å². The summed E-state index contributed by atoms with van der Waals surface area (Å²) < 4.78 is 13.5. The number of rotatable bonds is 5. The zero-order chi connectivity index (χ0) is 13.8. The summed E-state index contributed by atoms with van der Waals surface area (Å²) in [6.45, 7) is 5.39. The van der Waals surface area contributed by atoms with E-state index in [0.29, 0.717) is 16.9 Å². The molecule has 1 nitrogen and oxygen atoms in total. The molecule has 1 aromatic carbocycles. The monoisotopic (exact) mass is 283 g/mol. The summed E-state index contributed by atoms with van der Waals surface area (Å²) in [5, 5.41) is 4.25. The van der Waals surface area contributed by atoms with Gasteiger partial charge in [-0.25, -0.2) is 4.39 Å². The molecule has 0 aliphatic heterocycles. The quantitative estimate of drug-likeness (QED) is 0.806. The van der Waals surface area contributed by atoms with Crippen molar-refractivity contribution >= 4 is 11.6 Å². The van der Waals surface area contributed by atoms with Gasteiger partial charge in [0.25, 0.3) is 0 Å². The Morgan fingerprint density at radius 2 is 2.21 bits per heavy atom. The number of halogens is 2. The van der Waals surface area contributed by atoms with Crippen molar-refractivity contribution in [1.82, 2.24) is 5.32 Å². The van der Waals surface area contributed by atoms with Crippen LogP contribution in [0.25, 0.3) is 0 Å². The van der Waals surface area contributed by atoms with Crippen LogP contribution in [0.15, 0.2) is 18.2 Å². The lowest BCUT2D eigenvalue weighted by atomic mass is 9.85. The van der Waals surface area contributed by atoms with Crippen molar-refractivity contribution in [1.29, 1.82) is 0 Å². The van der Waals surface area contributed by atoms with Crippen molar-refractivity contribution in [3.8, 4) is 0 Å². The first-order chi connectivity index (χ1) is 9.13. The fraction of sp³-hybridized carbons (Fsp3) is 0.625. The molecule has 1 aliphatic rings. The van der Waals surface area contributed by atoms with Crippen LogP contribution in [0.1, 0.15) is 51.1 Å². The minimum Gasteiger partial charge on any atom is -0.310 e. The minimum atomic E-state index is -0.201. The average Bonchev–Trinajstić information content (AvgIpc) is 2.80. The van der Waals surface area contributed by atoms with Crippen LogP contribution >= 0.6 is 11.6 Å².